The minimum absolute atomic E-state index is 0.0481. The third-order valence-corrected chi connectivity index (χ3v) is 4.29. The van der Waals surface area contributed by atoms with Gasteiger partial charge in [-0.3, -0.25) is 4.90 Å². The van der Waals surface area contributed by atoms with Crippen molar-refractivity contribution in [3.05, 3.63) is 29.8 Å². The molecule has 20 heavy (non-hydrogen) atoms. The summed E-state index contributed by atoms with van der Waals surface area (Å²) >= 11 is 0. The van der Waals surface area contributed by atoms with Crippen molar-refractivity contribution in [2.75, 3.05) is 37.6 Å². The monoisotopic (exact) mass is 273 g/mol. The fourth-order valence-corrected chi connectivity index (χ4v) is 3.15. The number of nitrogens with zero attached hydrogens (tertiary/aromatic N) is 2. The van der Waals surface area contributed by atoms with Gasteiger partial charge in [-0.2, -0.15) is 0 Å². The average molecular weight is 273 g/mol. The number of hydrogen-bond donors (Lipinski definition) is 1. The molecule has 4 heteroatoms. The van der Waals surface area contributed by atoms with Gasteiger partial charge in [0.2, 0.25) is 0 Å². The molecule has 2 amide bonds. The molecule has 2 aliphatic heterocycles. The number of rotatable bonds is 3. The van der Waals surface area contributed by atoms with Crippen molar-refractivity contribution >= 4 is 11.7 Å². The first-order chi connectivity index (χ1) is 9.84. The van der Waals surface area contributed by atoms with Crippen molar-refractivity contribution in [3.8, 4) is 0 Å². The Hall–Kier alpha value is -1.55. The Kier molecular flexibility index (Phi) is 4.21. The van der Waals surface area contributed by atoms with Crippen LogP contribution in [0.2, 0.25) is 0 Å². The predicted octanol–water partition coefficient (Wildman–Crippen LogP) is 2.24. The van der Waals surface area contributed by atoms with Crippen LogP contribution in [0, 0.1) is 0 Å². The fraction of sp³-hybridized carbons (Fsp3) is 0.562. The summed E-state index contributed by atoms with van der Waals surface area (Å²) in [5, 5.41) is 3.06. The Morgan fingerprint density at radius 2 is 1.90 bits per heavy atom. The molecule has 2 heterocycles. The Morgan fingerprint density at radius 1 is 1.10 bits per heavy atom. The van der Waals surface area contributed by atoms with E-state index >= 15 is 0 Å². The molecule has 0 atom stereocenters. The number of piperidine rings is 1. The van der Waals surface area contributed by atoms with Crippen LogP contribution in [0.5, 0.6) is 0 Å². The van der Waals surface area contributed by atoms with Crippen molar-refractivity contribution in [1.29, 1.82) is 0 Å². The molecule has 108 valence electrons. The van der Waals surface area contributed by atoms with Crippen LogP contribution in [0.25, 0.3) is 0 Å². The topological polar surface area (TPSA) is 35.6 Å². The van der Waals surface area contributed by atoms with Crippen LogP contribution >= 0.6 is 0 Å². The van der Waals surface area contributed by atoms with Gasteiger partial charge in [-0.05, 0) is 44.0 Å². The first-order valence-electron chi connectivity index (χ1n) is 7.70. The minimum atomic E-state index is 0.0481. The summed E-state index contributed by atoms with van der Waals surface area (Å²) in [6.07, 6.45) is 4.92. The summed E-state index contributed by atoms with van der Waals surface area (Å²) in [7, 11) is 0. The maximum atomic E-state index is 12.2. The number of hydrogen-bond acceptors (Lipinski definition) is 2. The molecule has 1 aromatic carbocycles. The highest BCUT2D eigenvalue weighted by atomic mass is 16.2. The van der Waals surface area contributed by atoms with Gasteiger partial charge in [0, 0.05) is 25.3 Å². The van der Waals surface area contributed by atoms with Crippen molar-refractivity contribution in [2.45, 2.75) is 25.7 Å². The molecule has 4 nitrogen and oxygen atoms in total. The lowest BCUT2D eigenvalue weighted by molar-refractivity contribution is 0.223. The Labute approximate surface area is 120 Å². The second kappa shape index (κ2) is 6.27. The number of nitrogens with one attached hydrogen (secondary N) is 1. The molecule has 0 saturated carbocycles. The molecule has 0 aliphatic carbocycles. The molecular weight excluding hydrogens is 250 g/mol. The van der Waals surface area contributed by atoms with Gasteiger partial charge in [-0.15, -0.1) is 0 Å². The molecule has 0 aromatic heterocycles. The van der Waals surface area contributed by atoms with Crippen LogP contribution in [-0.4, -0.2) is 43.7 Å². The lowest BCUT2D eigenvalue weighted by atomic mass is 10.1. The van der Waals surface area contributed by atoms with E-state index in [0.717, 1.165) is 31.7 Å². The molecule has 1 fully saturated rings. The minimum Gasteiger partial charge on any atom is -0.336 e. The molecule has 1 N–H and O–H groups in total. The zero-order valence-corrected chi connectivity index (χ0v) is 12.0. The molecule has 1 saturated heterocycles. The number of benzene rings is 1. The van der Waals surface area contributed by atoms with Crippen LogP contribution in [-0.2, 0) is 6.42 Å². The van der Waals surface area contributed by atoms with E-state index in [0.29, 0.717) is 0 Å². The van der Waals surface area contributed by atoms with Gasteiger partial charge in [-0.1, -0.05) is 24.6 Å². The van der Waals surface area contributed by atoms with Crippen molar-refractivity contribution in [1.82, 2.24) is 10.2 Å². The van der Waals surface area contributed by atoms with Gasteiger partial charge in [0.1, 0.15) is 0 Å². The fourth-order valence-electron chi connectivity index (χ4n) is 3.15. The molecule has 2 aliphatic rings. The van der Waals surface area contributed by atoms with Gasteiger partial charge in [0.15, 0.2) is 0 Å². The van der Waals surface area contributed by atoms with Crippen molar-refractivity contribution in [2.24, 2.45) is 0 Å². The van der Waals surface area contributed by atoms with E-state index in [2.05, 4.69) is 16.3 Å². The predicted molar refractivity (Wildman–Crippen MR) is 81.2 cm³/mol. The summed E-state index contributed by atoms with van der Waals surface area (Å²) in [4.78, 5) is 16.6. The van der Waals surface area contributed by atoms with Gasteiger partial charge < -0.3 is 10.2 Å². The summed E-state index contributed by atoms with van der Waals surface area (Å²) in [6, 6.07) is 8.23. The highest BCUT2D eigenvalue weighted by Gasteiger charge is 2.23. The third-order valence-electron chi connectivity index (χ3n) is 4.29. The number of carbonyl (C=O) groups excluding carboxylic acids is 1. The van der Waals surface area contributed by atoms with E-state index < -0.39 is 0 Å². The SMILES string of the molecule is O=C(NCCN1CCCCC1)N1CCc2ccccc21. The third kappa shape index (κ3) is 2.96. The van der Waals surface area contributed by atoms with Crippen LogP contribution < -0.4 is 10.2 Å². The van der Waals surface area contributed by atoms with Gasteiger partial charge in [0.25, 0.3) is 0 Å². The lowest BCUT2D eigenvalue weighted by Gasteiger charge is -2.27. The molecule has 0 unspecified atom stereocenters. The largest absolute Gasteiger partial charge is 0.336 e. The zero-order chi connectivity index (χ0) is 13.8. The summed E-state index contributed by atoms with van der Waals surface area (Å²) in [5.74, 6) is 0. The van der Waals surface area contributed by atoms with Crippen LogP contribution in [0.1, 0.15) is 24.8 Å². The number of amides is 2. The van der Waals surface area contributed by atoms with Crippen molar-refractivity contribution in [3.63, 3.8) is 0 Å². The number of urea groups is 1. The molecule has 0 radical (unpaired) electrons. The van der Waals surface area contributed by atoms with Crippen molar-refractivity contribution < 1.29 is 4.79 Å². The quantitative estimate of drug-likeness (QED) is 0.917. The second-order valence-electron chi connectivity index (χ2n) is 5.66. The molecule has 3 rings (SSSR count). The van der Waals surface area contributed by atoms with E-state index in [-0.39, 0.29) is 6.03 Å². The zero-order valence-electron chi connectivity index (χ0n) is 12.0. The normalized spacial score (nSPS) is 18.9. The number of carbonyl (C=O) groups is 1. The van der Waals surface area contributed by atoms with E-state index in [1.54, 1.807) is 0 Å². The maximum absolute atomic E-state index is 12.2. The van der Waals surface area contributed by atoms with Gasteiger partial charge in [0.05, 0.1) is 0 Å². The Balaban J connectivity index is 1.48. The average Bonchev–Trinajstić information content (AvgIpc) is 2.92. The number of fused-ring (bicyclic) bond motifs is 1. The Bertz CT molecular complexity index is 469. The number of anilines is 1. The Morgan fingerprint density at radius 3 is 2.75 bits per heavy atom. The number of likely N-dealkylation sites (tertiary alicyclic amines) is 1. The molecular formula is C16H23N3O. The molecule has 1 aromatic rings. The second-order valence-corrected chi connectivity index (χ2v) is 5.66. The van der Waals surface area contributed by atoms with Gasteiger partial charge >= 0.3 is 6.03 Å². The smallest absolute Gasteiger partial charge is 0.321 e. The van der Waals surface area contributed by atoms with E-state index in [9.17, 15) is 4.79 Å². The van der Waals surface area contributed by atoms with Crippen LogP contribution in [0.3, 0.4) is 0 Å². The van der Waals surface area contributed by atoms with Crippen LogP contribution in [0.4, 0.5) is 10.5 Å². The maximum Gasteiger partial charge on any atom is 0.321 e. The first kappa shape index (κ1) is 13.4. The summed E-state index contributed by atoms with van der Waals surface area (Å²) < 4.78 is 0. The highest BCUT2D eigenvalue weighted by Crippen LogP contribution is 2.27. The van der Waals surface area contributed by atoms with E-state index in [4.69, 9.17) is 0 Å². The van der Waals surface area contributed by atoms with E-state index in [1.807, 2.05) is 23.1 Å². The highest BCUT2D eigenvalue weighted by molar-refractivity contribution is 5.94. The van der Waals surface area contributed by atoms with Gasteiger partial charge in [-0.25, -0.2) is 4.79 Å². The first-order valence-corrected chi connectivity index (χ1v) is 7.70. The van der Waals surface area contributed by atoms with E-state index in [1.165, 1.54) is 37.9 Å². The molecule has 0 spiro atoms. The molecule has 0 bridgehead atoms. The number of para-hydroxylation sites is 1. The standard InChI is InChI=1S/C16H23N3O/c20-16(17-9-13-18-10-4-1-5-11-18)19-12-8-14-6-2-3-7-15(14)19/h2-3,6-7H,1,4-5,8-13H2,(H,17,20). The summed E-state index contributed by atoms with van der Waals surface area (Å²) in [5.41, 5.74) is 2.35. The summed E-state index contributed by atoms with van der Waals surface area (Å²) in [6.45, 7) is 4.89. The lowest BCUT2D eigenvalue weighted by Crippen LogP contribution is -2.43. The van der Waals surface area contributed by atoms with Crippen LogP contribution in [0.15, 0.2) is 24.3 Å².